The summed E-state index contributed by atoms with van der Waals surface area (Å²) in [6.07, 6.45) is 2.57. The Kier molecular flexibility index (Phi) is 4.49. The minimum absolute atomic E-state index is 0.110. The number of aliphatic hydroxyl groups excluding tert-OH is 1. The summed E-state index contributed by atoms with van der Waals surface area (Å²) in [7, 11) is 0. The van der Waals surface area contributed by atoms with Gasteiger partial charge in [-0.15, -0.1) is 0 Å². The number of hydrogen-bond donors (Lipinski definition) is 1. The second-order valence-electron chi connectivity index (χ2n) is 3.70. The molecule has 0 aliphatic carbocycles. The highest BCUT2D eigenvalue weighted by molar-refractivity contribution is 5.24. The van der Waals surface area contributed by atoms with E-state index in [0.717, 1.165) is 12.2 Å². The SMILES string of the molecule is CCCOc1cnc(C(C)C)nc1CO. The molecule has 0 aliphatic rings. The molecule has 0 aliphatic heterocycles. The maximum absolute atomic E-state index is 9.15. The molecule has 1 N–H and O–H groups in total. The van der Waals surface area contributed by atoms with Crippen molar-refractivity contribution in [3.05, 3.63) is 17.7 Å². The Balaban J connectivity index is 2.88. The fourth-order valence-corrected chi connectivity index (χ4v) is 1.15. The molecule has 0 spiro atoms. The number of hydrogen-bond acceptors (Lipinski definition) is 4. The first-order chi connectivity index (χ1) is 7.19. The van der Waals surface area contributed by atoms with Crippen molar-refractivity contribution in [2.24, 2.45) is 0 Å². The average Bonchev–Trinajstić information content (AvgIpc) is 2.25. The number of rotatable bonds is 5. The molecule has 84 valence electrons. The van der Waals surface area contributed by atoms with Crippen LogP contribution in [0.4, 0.5) is 0 Å². The summed E-state index contributed by atoms with van der Waals surface area (Å²) in [5.74, 6) is 1.59. The molecule has 1 aromatic heterocycles. The first-order valence-corrected chi connectivity index (χ1v) is 5.28. The van der Waals surface area contributed by atoms with Crippen LogP contribution in [-0.2, 0) is 6.61 Å². The van der Waals surface area contributed by atoms with Crippen LogP contribution >= 0.6 is 0 Å². The van der Waals surface area contributed by atoms with Crippen LogP contribution in [0, 0.1) is 0 Å². The maximum Gasteiger partial charge on any atom is 0.161 e. The van der Waals surface area contributed by atoms with Gasteiger partial charge in [0.25, 0.3) is 0 Å². The van der Waals surface area contributed by atoms with Crippen molar-refractivity contribution in [2.75, 3.05) is 6.61 Å². The van der Waals surface area contributed by atoms with Gasteiger partial charge in [-0.2, -0.15) is 0 Å². The quantitative estimate of drug-likeness (QED) is 0.806. The summed E-state index contributed by atoms with van der Waals surface area (Å²) in [5.41, 5.74) is 0.571. The van der Waals surface area contributed by atoms with Gasteiger partial charge in [0.2, 0.25) is 0 Å². The predicted molar refractivity (Wildman–Crippen MR) is 57.8 cm³/mol. The highest BCUT2D eigenvalue weighted by Crippen LogP contribution is 2.18. The third-order valence-corrected chi connectivity index (χ3v) is 1.98. The lowest BCUT2D eigenvalue weighted by Crippen LogP contribution is -2.06. The summed E-state index contributed by atoms with van der Waals surface area (Å²) < 4.78 is 5.43. The Labute approximate surface area is 90.3 Å². The molecule has 15 heavy (non-hydrogen) atoms. The molecule has 0 atom stereocenters. The normalized spacial score (nSPS) is 10.7. The zero-order valence-corrected chi connectivity index (χ0v) is 9.53. The first kappa shape index (κ1) is 11.9. The molecule has 1 aromatic rings. The zero-order chi connectivity index (χ0) is 11.3. The minimum Gasteiger partial charge on any atom is -0.490 e. The third kappa shape index (κ3) is 3.16. The van der Waals surface area contributed by atoms with Crippen LogP contribution in [0.1, 0.15) is 44.6 Å². The first-order valence-electron chi connectivity index (χ1n) is 5.28. The molecule has 0 saturated heterocycles. The average molecular weight is 210 g/mol. The predicted octanol–water partition coefficient (Wildman–Crippen LogP) is 1.88. The molecule has 0 radical (unpaired) electrons. The summed E-state index contributed by atoms with van der Waals surface area (Å²) in [5, 5.41) is 9.15. The van der Waals surface area contributed by atoms with E-state index in [9.17, 15) is 0 Å². The van der Waals surface area contributed by atoms with Crippen LogP contribution in [0.25, 0.3) is 0 Å². The fraction of sp³-hybridized carbons (Fsp3) is 0.636. The van der Waals surface area contributed by atoms with Gasteiger partial charge in [-0.25, -0.2) is 9.97 Å². The van der Waals surface area contributed by atoms with E-state index < -0.39 is 0 Å². The molecular weight excluding hydrogens is 192 g/mol. The summed E-state index contributed by atoms with van der Waals surface area (Å²) in [6.45, 7) is 6.58. The van der Waals surface area contributed by atoms with E-state index in [1.165, 1.54) is 0 Å². The lowest BCUT2D eigenvalue weighted by Gasteiger charge is -2.10. The largest absolute Gasteiger partial charge is 0.490 e. The Morgan fingerprint density at radius 3 is 2.73 bits per heavy atom. The van der Waals surface area contributed by atoms with Crippen molar-refractivity contribution < 1.29 is 9.84 Å². The van der Waals surface area contributed by atoms with Gasteiger partial charge in [0, 0.05) is 5.92 Å². The topological polar surface area (TPSA) is 55.2 Å². The van der Waals surface area contributed by atoms with Gasteiger partial charge < -0.3 is 9.84 Å². The van der Waals surface area contributed by atoms with Crippen LogP contribution in [0.3, 0.4) is 0 Å². The molecule has 1 heterocycles. The van der Waals surface area contributed by atoms with E-state index in [0.29, 0.717) is 18.1 Å². The van der Waals surface area contributed by atoms with E-state index in [-0.39, 0.29) is 12.5 Å². The standard InChI is InChI=1S/C11H18N2O2/c1-4-5-15-10-6-12-11(8(2)3)13-9(10)7-14/h6,8,14H,4-5,7H2,1-3H3. The molecule has 0 bridgehead atoms. The Morgan fingerprint density at radius 1 is 1.47 bits per heavy atom. The summed E-state index contributed by atoms with van der Waals surface area (Å²) in [6, 6.07) is 0. The molecule has 0 fully saturated rings. The van der Waals surface area contributed by atoms with E-state index in [2.05, 4.69) is 9.97 Å². The molecule has 0 aromatic carbocycles. The monoisotopic (exact) mass is 210 g/mol. The van der Waals surface area contributed by atoms with Crippen molar-refractivity contribution >= 4 is 0 Å². The van der Waals surface area contributed by atoms with E-state index in [1.807, 2.05) is 20.8 Å². The molecule has 0 unspecified atom stereocenters. The Hall–Kier alpha value is -1.16. The number of ether oxygens (including phenoxy) is 1. The van der Waals surface area contributed by atoms with Crippen molar-refractivity contribution in [1.82, 2.24) is 9.97 Å². The van der Waals surface area contributed by atoms with Crippen LogP contribution in [0.2, 0.25) is 0 Å². The van der Waals surface area contributed by atoms with E-state index >= 15 is 0 Å². The van der Waals surface area contributed by atoms with E-state index in [4.69, 9.17) is 9.84 Å². The van der Waals surface area contributed by atoms with Crippen molar-refractivity contribution in [3.63, 3.8) is 0 Å². The van der Waals surface area contributed by atoms with Gasteiger partial charge in [0.15, 0.2) is 5.75 Å². The van der Waals surface area contributed by atoms with Gasteiger partial charge in [-0.1, -0.05) is 20.8 Å². The van der Waals surface area contributed by atoms with Gasteiger partial charge in [-0.3, -0.25) is 0 Å². The highest BCUT2D eigenvalue weighted by Gasteiger charge is 2.09. The number of nitrogens with zero attached hydrogens (tertiary/aromatic N) is 2. The summed E-state index contributed by atoms with van der Waals surface area (Å²) >= 11 is 0. The highest BCUT2D eigenvalue weighted by atomic mass is 16.5. The third-order valence-electron chi connectivity index (χ3n) is 1.98. The number of aromatic nitrogens is 2. The molecule has 0 saturated carbocycles. The number of aliphatic hydroxyl groups is 1. The lowest BCUT2D eigenvalue weighted by atomic mass is 10.2. The molecule has 1 rings (SSSR count). The Bertz CT molecular complexity index is 313. The fourth-order valence-electron chi connectivity index (χ4n) is 1.15. The smallest absolute Gasteiger partial charge is 0.161 e. The van der Waals surface area contributed by atoms with Crippen molar-refractivity contribution in [1.29, 1.82) is 0 Å². The van der Waals surface area contributed by atoms with Crippen molar-refractivity contribution in [2.45, 2.75) is 39.7 Å². The van der Waals surface area contributed by atoms with Gasteiger partial charge in [0.1, 0.15) is 11.5 Å². The van der Waals surface area contributed by atoms with Gasteiger partial charge in [-0.05, 0) is 6.42 Å². The van der Waals surface area contributed by atoms with E-state index in [1.54, 1.807) is 6.20 Å². The van der Waals surface area contributed by atoms with Crippen molar-refractivity contribution in [3.8, 4) is 5.75 Å². The molecular formula is C11H18N2O2. The zero-order valence-electron chi connectivity index (χ0n) is 9.53. The molecule has 0 amide bonds. The maximum atomic E-state index is 9.15. The second-order valence-corrected chi connectivity index (χ2v) is 3.70. The van der Waals surface area contributed by atoms with Gasteiger partial charge in [0.05, 0.1) is 19.4 Å². The van der Waals surface area contributed by atoms with Crippen LogP contribution in [0.5, 0.6) is 5.75 Å². The molecule has 4 heteroatoms. The molecule has 4 nitrogen and oxygen atoms in total. The van der Waals surface area contributed by atoms with Crippen LogP contribution < -0.4 is 4.74 Å². The van der Waals surface area contributed by atoms with Gasteiger partial charge >= 0.3 is 0 Å². The minimum atomic E-state index is -0.110. The van der Waals surface area contributed by atoms with Crippen LogP contribution in [0.15, 0.2) is 6.20 Å². The Morgan fingerprint density at radius 2 is 2.20 bits per heavy atom. The van der Waals surface area contributed by atoms with Crippen LogP contribution in [-0.4, -0.2) is 21.7 Å². The lowest BCUT2D eigenvalue weighted by molar-refractivity contribution is 0.255. The summed E-state index contributed by atoms with van der Waals surface area (Å²) in [4.78, 5) is 8.45. The second kappa shape index (κ2) is 5.66.